The van der Waals surface area contributed by atoms with Crippen molar-refractivity contribution in [1.82, 2.24) is 0 Å². The molecule has 3 rings (SSSR count). The molecule has 0 fully saturated rings. The first-order chi connectivity index (χ1) is 11.1. The Labute approximate surface area is 131 Å². The summed E-state index contributed by atoms with van der Waals surface area (Å²) in [5, 5.41) is 35.2. The third-order valence-electron chi connectivity index (χ3n) is 3.22. The average molecular weight is 316 g/mol. The van der Waals surface area contributed by atoms with E-state index in [0.29, 0.717) is 11.3 Å². The number of phenolic OH excluding ortho intramolecular Hbond substituents is 2. The van der Waals surface area contributed by atoms with Crippen molar-refractivity contribution in [3.8, 4) is 22.8 Å². The zero-order valence-corrected chi connectivity index (χ0v) is 12.4. The van der Waals surface area contributed by atoms with Crippen LogP contribution < -0.4 is 5.43 Å². The molecule has 1 heterocycles. The van der Waals surface area contributed by atoms with Gasteiger partial charge in [0.25, 0.3) is 0 Å². The lowest BCUT2D eigenvalue weighted by Crippen LogP contribution is -2.00. The van der Waals surface area contributed by atoms with Crippen molar-refractivity contribution in [2.24, 2.45) is 0 Å². The van der Waals surface area contributed by atoms with Gasteiger partial charge in [0.05, 0.1) is 6.61 Å². The van der Waals surface area contributed by atoms with Crippen molar-refractivity contribution in [2.75, 3.05) is 7.11 Å². The highest BCUT2D eigenvalue weighted by molar-refractivity contribution is 5.85. The maximum atomic E-state index is 12.1. The second-order valence-electron chi connectivity index (χ2n) is 4.67. The van der Waals surface area contributed by atoms with Crippen LogP contribution in [0, 0.1) is 0 Å². The van der Waals surface area contributed by atoms with Crippen LogP contribution in [0.5, 0.6) is 11.5 Å². The third-order valence-corrected chi connectivity index (χ3v) is 3.22. The maximum Gasteiger partial charge on any atom is 0.197 e. The fraction of sp³-hybridized carbons (Fsp3) is 0.118. The normalized spacial score (nSPS) is 10.2. The molecule has 0 amide bonds. The van der Waals surface area contributed by atoms with Crippen LogP contribution in [0.4, 0.5) is 0 Å². The monoisotopic (exact) mass is 316 g/mol. The van der Waals surface area contributed by atoms with Crippen LogP contribution in [-0.4, -0.2) is 27.5 Å². The summed E-state index contributed by atoms with van der Waals surface area (Å²) in [4.78, 5) is 12.1. The van der Waals surface area contributed by atoms with Gasteiger partial charge in [0.1, 0.15) is 28.2 Å². The van der Waals surface area contributed by atoms with E-state index in [4.69, 9.17) is 14.6 Å². The van der Waals surface area contributed by atoms with Crippen molar-refractivity contribution >= 4 is 11.0 Å². The molecule has 0 spiro atoms. The highest BCUT2D eigenvalue weighted by atomic mass is 16.3. The van der Waals surface area contributed by atoms with E-state index in [2.05, 4.69) is 0 Å². The number of rotatable bonds is 2. The van der Waals surface area contributed by atoms with Gasteiger partial charge < -0.3 is 24.8 Å². The third kappa shape index (κ3) is 3.33. The lowest BCUT2D eigenvalue weighted by molar-refractivity contribution is 0.282. The van der Waals surface area contributed by atoms with Gasteiger partial charge in [0.15, 0.2) is 5.43 Å². The largest absolute Gasteiger partial charge is 0.508 e. The predicted molar refractivity (Wildman–Crippen MR) is 85.3 cm³/mol. The molecule has 0 bridgehead atoms. The molecular weight excluding hydrogens is 300 g/mol. The average Bonchev–Trinajstić information content (AvgIpc) is 2.55. The molecule has 2 aromatic carbocycles. The Morgan fingerprint density at radius 3 is 2.26 bits per heavy atom. The molecule has 1 aromatic heterocycles. The Morgan fingerprint density at radius 1 is 1.00 bits per heavy atom. The molecule has 0 saturated heterocycles. The van der Waals surface area contributed by atoms with Gasteiger partial charge in [-0.2, -0.15) is 0 Å². The number of fused-ring (bicyclic) bond motifs is 1. The Morgan fingerprint density at radius 2 is 1.65 bits per heavy atom. The van der Waals surface area contributed by atoms with Crippen molar-refractivity contribution in [2.45, 2.75) is 6.61 Å². The van der Waals surface area contributed by atoms with Gasteiger partial charge in [0.2, 0.25) is 0 Å². The van der Waals surface area contributed by atoms with Crippen molar-refractivity contribution in [3.05, 3.63) is 58.3 Å². The van der Waals surface area contributed by atoms with Crippen LogP contribution in [0.25, 0.3) is 22.3 Å². The summed E-state index contributed by atoms with van der Waals surface area (Å²) < 4.78 is 5.58. The first-order valence-electron chi connectivity index (χ1n) is 6.73. The molecule has 3 aromatic rings. The summed E-state index contributed by atoms with van der Waals surface area (Å²) in [6.45, 7) is -0.0658. The number of benzene rings is 2. The Balaban J connectivity index is 0.000000924. The number of phenols is 2. The van der Waals surface area contributed by atoms with Crippen LogP contribution in [-0.2, 0) is 6.61 Å². The summed E-state index contributed by atoms with van der Waals surface area (Å²) >= 11 is 0. The van der Waals surface area contributed by atoms with E-state index in [-0.39, 0.29) is 29.1 Å². The van der Waals surface area contributed by atoms with Crippen molar-refractivity contribution < 1.29 is 24.8 Å². The van der Waals surface area contributed by atoms with E-state index in [0.717, 1.165) is 18.7 Å². The van der Waals surface area contributed by atoms with E-state index >= 15 is 0 Å². The highest BCUT2D eigenvalue weighted by Crippen LogP contribution is 2.30. The van der Waals surface area contributed by atoms with Crippen LogP contribution in [0.1, 0.15) is 5.56 Å². The SMILES string of the molecule is CO.O=c1cc(-c2ccc(CO)cc2)oc2cc(O)cc(O)c12. The molecule has 6 nitrogen and oxygen atoms in total. The highest BCUT2D eigenvalue weighted by Gasteiger charge is 2.12. The number of aromatic hydroxyl groups is 2. The topological polar surface area (TPSA) is 111 Å². The standard InChI is InChI=1S/C16H12O5.CH4O/c17-8-9-1-3-10(4-2-9)14-7-13(20)16-12(19)5-11(18)6-15(16)21-14;1-2/h1-7,17-19H,8H2;2H,1H3. The fourth-order valence-corrected chi connectivity index (χ4v) is 2.17. The molecule has 23 heavy (non-hydrogen) atoms. The number of hydrogen-bond donors (Lipinski definition) is 4. The van der Waals surface area contributed by atoms with E-state index in [1.807, 2.05) is 0 Å². The Hall–Kier alpha value is -2.83. The van der Waals surface area contributed by atoms with Gasteiger partial charge >= 0.3 is 0 Å². The molecule has 0 radical (unpaired) electrons. The van der Waals surface area contributed by atoms with Gasteiger partial charge in [-0.3, -0.25) is 4.79 Å². The predicted octanol–water partition coefficient (Wildman–Crippen LogP) is 1.97. The lowest BCUT2D eigenvalue weighted by atomic mass is 10.1. The Kier molecular flexibility index (Phi) is 5.00. The molecule has 6 heteroatoms. The van der Waals surface area contributed by atoms with E-state index in [1.165, 1.54) is 12.1 Å². The molecule has 0 unspecified atom stereocenters. The minimum absolute atomic E-state index is 0.0310. The second-order valence-corrected chi connectivity index (χ2v) is 4.67. The van der Waals surface area contributed by atoms with Crippen molar-refractivity contribution in [3.63, 3.8) is 0 Å². The smallest absolute Gasteiger partial charge is 0.197 e. The number of aliphatic hydroxyl groups is 2. The van der Waals surface area contributed by atoms with Crippen LogP contribution >= 0.6 is 0 Å². The van der Waals surface area contributed by atoms with Gasteiger partial charge in [-0.25, -0.2) is 0 Å². The van der Waals surface area contributed by atoms with E-state index < -0.39 is 5.43 Å². The summed E-state index contributed by atoms with van der Waals surface area (Å²) in [6, 6.07) is 10.5. The molecule has 120 valence electrons. The molecule has 0 aliphatic heterocycles. The second kappa shape index (κ2) is 6.95. The Bertz CT molecular complexity index is 865. The van der Waals surface area contributed by atoms with Crippen molar-refractivity contribution in [1.29, 1.82) is 0 Å². The van der Waals surface area contributed by atoms with Gasteiger partial charge in [-0.1, -0.05) is 24.3 Å². The molecule has 4 N–H and O–H groups in total. The van der Waals surface area contributed by atoms with Gasteiger partial charge in [0, 0.05) is 30.9 Å². The first-order valence-corrected chi connectivity index (χ1v) is 6.73. The summed E-state index contributed by atoms with van der Waals surface area (Å²) in [7, 11) is 1.00. The van der Waals surface area contributed by atoms with Crippen LogP contribution in [0.2, 0.25) is 0 Å². The number of hydrogen-bond acceptors (Lipinski definition) is 6. The summed E-state index contributed by atoms with van der Waals surface area (Å²) in [6.07, 6.45) is 0. The first kappa shape index (κ1) is 16.5. The van der Waals surface area contributed by atoms with Gasteiger partial charge in [-0.15, -0.1) is 0 Å². The minimum Gasteiger partial charge on any atom is -0.508 e. The molecule has 0 aliphatic carbocycles. The summed E-state index contributed by atoms with van der Waals surface area (Å²) in [5.41, 5.74) is 1.13. The molecule has 0 aliphatic rings. The van der Waals surface area contributed by atoms with E-state index in [1.54, 1.807) is 24.3 Å². The van der Waals surface area contributed by atoms with Crippen LogP contribution in [0.3, 0.4) is 0 Å². The quantitative estimate of drug-likeness (QED) is 0.575. The zero-order valence-electron chi connectivity index (χ0n) is 12.4. The maximum absolute atomic E-state index is 12.1. The molecular formula is C17H16O6. The molecule has 0 saturated carbocycles. The van der Waals surface area contributed by atoms with Gasteiger partial charge in [-0.05, 0) is 5.56 Å². The lowest BCUT2D eigenvalue weighted by Gasteiger charge is -2.05. The summed E-state index contributed by atoms with van der Waals surface area (Å²) in [5.74, 6) is -0.182. The molecule has 0 atom stereocenters. The van der Waals surface area contributed by atoms with Crippen LogP contribution in [0.15, 0.2) is 51.7 Å². The zero-order chi connectivity index (χ0) is 17.0. The number of aliphatic hydroxyl groups excluding tert-OH is 2. The minimum atomic E-state index is -0.394. The van der Waals surface area contributed by atoms with E-state index in [9.17, 15) is 15.0 Å². The fourth-order valence-electron chi connectivity index (χ4n) is 2.17.